The Hall–Kier alpha value is -0.940. The predicted molar refractivity (Wildman–Crippen MR) is 125 cm³/mol. The van der Waals surface area contributed by atoms with Crippen LogP contribution in [0.25, 0.3) is 0 Å². The lowest BCUT2D eigenvalue weighted by atomic mass is 10.1. The molecule has 1 atom stereocenters. The zero-order valence-corrected chi connectivity index (χ0v) is 20.2. The Bertz CT molecular complexity index is 660. The van der Waals surface area contributed by atoms with E-state index in [1.54, 1.807) is 0 Å². The van der Waals surface area contributed by atoms with Crippen LogP contribution >= 0.6 is 24.0 Å². The molecule has 0 radical (unpaired) electrons. The van der Waals surface area contributed by atoms with Gasteiger partial charge in [0, 0.05) is 52.4 Å². The van der Waals surface area contributed by atoms with Gasteiger partial charge in [0.1, 0.15) is 12.4 Å². The minimum atomic E-state index is 0. The van der Waals surface area contributed by atoms with Crippen LogP contribution < -0.4 is 5.32 Å². The molecule has 0 amide bonds. The average Bonchev–Trinajstić information content (AvgIpc) is 3.46. The summed E-state index contributed by atoms with van der Waals surface area (Å²) >= 11 is 0. The van der Waals surface area contributed by atoms with Gasteiger partial charge in [-0.15, -0.1) is 34.2 Å². The quantitative estimate of drug-likeness (QED) is 0.365. The van der Waals surface area contributed by atoms with Gasteiger partial charge in [-0.2, -0.15) is 0 Å². The van der Waals surface area contributed by atoms with Crippen molar-refractivity contribution in [3.63, 3.8) is 0 Å². The summed E-state index contributed by atoms with van der Waals surface area (Å²) < 4.78 is 7.56. The van der Waals surface area contributed by atoms with E-state index in [-0.39, 0.29) is 24.0 Å². The lowest BCUT2D eigenvalue weighted by Gasteiger charge is -2.38. The van der Waals surface area contributed by atoms with Gasteiger partial charge >= 0.3 is 0 Å². The Morgan fingerprint density at radius 3 is 2.52 bits per heavy atom. The Morgan fingerprint density at radius 1 is 1.14 bits per heavy atom. The van der Waals surface area contributed by atoms with Crippen molar-refractivity contribution in [2.75, 3.05) is 45.9 Å². The molecule has 0 spiro atoms. The minimum absolute atomic E-state index is 0. The second kappa shape index (κ2) is 10.9. The first-order valence-corrected chi connectivity index (χ1v) is 10.9. The molecule has 1 saturated carbocycles. The summed E-state index contributed by atoms with van der Waals surface area (Å²) in [6.07, 6.45) is 6.37. The van der Waals surface area contributed by atoms with Crippen molar-refractivity contribution in [1.82, 2.24) is 29.9 Å². The van der Waals surface area contributed by atoms with Crippen molar-refractivity contribution >= 4 is 29.9 Å². The number of nitrogens with one attached hydrogen (secondary N) is 1. The largest absolute Gasteiger partial charge is 0.381 e. The van der Waals surface area contributed by atoms with Crippen LogP contribution in [0.3, 0.4) is 0 Å². The van der Waals surface area contributed by atoms with Crippen molar-refractivity contribution < 1.29 is 4.74 Å². The molecule has 1 N–H and O–H groups in total. The molecule has 4 rings (SSSR count). The monoisotopic (exact) mass is 517 g/mol. The van der Waals surface area contributed by atoms with E-state index in [2.05, 4.69) is 25.3 Å². The second-order valence-electron chi connectivity index (χ2n) is 8.51. The Balaban J connectivity index is 0.00000240. The van der Waals surface area contributed by atoms with Crippen molar-refractivity contribution in [3.05, 3.63) is 11.6 Å². The number of aryl methyl sites for hydroxylation is 1. The summed E-state index contributed by atoms with van der Waals surface area (Å²) in [7, 11) is 2.01. The first-order valence-electron chi connectivity index (χ1n) is 10.9. The Morgan fingerprint density at radius 2 is 1.90 bits per heavy atom. The van der Waals surface area contributed by atoms with Gasteiger partial charge < -0.3 is 19.5 Å². The van der Waals surface area contributed by atoms with E-state index < -0.39 is 0 Å². The molecule has 3 aliphatic rings. The summed E-state index contributed by atoms with van der Waals surface area (Å²) in [5.41, 5.74) is 0. The molecule has 1 unspecified atom stereocenters. The highest BCUT2D eigenvalue weighted by Gasteiger charge is 2.26. The molecular weight excluding hydrogens is 481 g/mol. The van der Waals surface area contributed by atoms with Crippen LogP contribution in [0.2, 0.25) is 0 Å². The van der Waals surface area contributed by atoms with Gasteiger partial charge in [-0.1, -0.05) is 12.8 Å². The molecule has 0 aromatic carbocycles. The van der Waals surface area contributed by atoms with Gasteiger partial charge in [0.2, 0.25) is 0 Å². The molecule has 1 aromatic heterocycles. The smallest absolute Gasteiger partial charge is 0.194 e. The number of hydrogen-bond donors (Lipinski definition) is 1. The number of ether oxygens (including phenoxy) is 1. The number of aliphatic imine (C=N–C) groups is 1. The predicted octanol–water partition coefficient (Wildman–Crippen LogP) is 1.78. The van der Waals surface area contributed by atoms with Gasteiger partial charge in [0.25, 0.3) is 0 Å². The van der Waals surface area contributed by atoms with Gasteiger partial charge in [-0.25, -0.2) is 4.99 Å². The molecular formula is C20H36IN7O. The third-order valence-corrected chi connectivity index (χ3v) is 6.45. The highest BCUT2D eigenvalue weighted by molar-refractivity contribution is 14.0. The Labute approximate surface area is 191 Å². The molecule has 1 aromatic rings. The molecule has 9 heteroatoms. The fourth-order valence-electron chi connectivity index (χ4n) is 4.46. The number of guanidine groups is 1. The second-order valence-corrected chi connectivity index (χ2v) is 8.51. The highest BCUT2D eigenvalue weighted by Crippen LogP contribution is 2.19. The van der Waals surface area contributed by atoms with E-state index in [1.165, 1.54) is 38.6 Å². The van der Waals surface area contributed by atoms with E-state index in [0.717, 1.165) is 62.9 Å². The van der Waals surface area contributed by atoms with Crippen LogP contribution in [0.4, 0.5) is 0 Å². The number of halogens is 1. The van der Waals surface area contributed by atoms with E-state index in [0.29, 0.717) is 12.6 Å². The van der Waals surface area contributed by atoms with E-state index in [9.17, 15) is 0 Å². The van der Waals surface area contributed by atoms with Crippen LogP contribution in [-0.2, 0) is 18.3 Å². The molecule has 8 nitrogen and oxygen atoms in total. The van der Waals surface area contributed by atoms with Gasteiger partial charge in [-0.3, -0.25) is 4.90 Å². The molecule has 2 aliphatic heterocycles. The average molecular weight is 517 g/mol. The number of rotatable bonds is 5. The van der Waals surface area contributed by atoms with Gasteiger partial charge in [-0.05, 0) is 32.1 Å². The third kappa shape index (κ3) is 6.04. The van der Waals surface area contributed by atoms with Crippen LogP contribution in [0.1, 0.15) is 43.8 Å². The maximum atomic E-state index is 5.54. The van der Waals surface area contributed by atoms with Crippen molar-refractivity contribution in [1.29, 1.82) is 0 Å². The third-order valence-electron chi connectivity index (χ3n) is 6.45. The molecule has 3 fully saturated rings. The number of piperazine rings is 1. The maximum Gasteiger partial charge on any atom is 0.194 e. The molecule has 1 aliphatic carbocycles. The molecule has 29 heavy (non-hydrogen) atoms. The summed E-state index contributed by atoms with van der Waals surface area (Å²) in [5.74, 6) is 3.62. The molecule has 2 saturated heterocycles. The normalized spacial score (nSPS) is 24.1. The number of aromatic nitrogens is 3. The first kappa shape index (κ1) is 22.7. The lowest BCUT2D eigenvalue weighted by Crippen LogP contribution is -2.54. The fraction of sp³-hybridized carbons (Fsp3) is 0.850. The highest BCUT2D eigenvalue weighted by atomic mass is 127. The molecule has 164 valence electrons. The van der Waals surface area contributed by atoms with E-state index in [1.807, 2.05) is 18.5 Å². The zero-order chi connectivity index (χ0) is 19.3. The summed E-state index contributed by atoms with van der Waals surface area (Å²) in [4.78, 5) is 9.98. The van der Waals surface area contributed by atoms with Crippen molar-refractivity contribution in [3.8, 4) is 0 Å². The van der Waals surface area contributed by atoms with Crippen LogP contribution in [0.5, 0.6) is 0 Å². The van der Waals surface area contributed by atoms with Crippen LogP contribution in [0, 0.1) is 12.8 Å². The molecule has 3 heterocycles. The van der Waals surface area contributed by atoms with E-state index in [4.69, 9.17) is 9.73 Å². The van der Waals surface area contributed by atoms with Gasteiger partial charge in [0.05, 0.1) is 6.61 Å². The summed E-state index contributed by atoms with van der Waals surface area (Å²) in [6.45, 7) is 9.87. The van der Waals surface area contributed by atoms with E-state index >= 15 is 0 Å². The van der Waals surface area contributed by atoms with Crippen molar-refractivity contribution in [2.45, 2.75) is 51.6 Å². The lowest BCUT2D eigenvalue weighted by molar-refractivity contribution is 0.139. The SMILES string of the molecule is Cc1nnc(CN=C(NC2CCCC2)N2CCN(CC3CCOC3)CC2)n1C.I. The zero-order valence-electron chi connectivity index (χ0n) is 17.8. The standard InChI is InChI=1S/C20H35N7O.HI/c1-16-23-24-19(25(16)2)13-21-20(22-18-5-3-4-6-18)27-10-8-26(9-11-27)14-17-7-12-28-15-17;/h17-18H,3-15H2,1-2H3,(H,21,22);1H. The van der Waals surface area contributed by atoms with Crippen LogP contribution in [-0.4, -0.2) is 82.5 Å². The number of nitrogens with zero attached hydrogens (tertiary/aromatic N) is 6. The van der Waals surface area contributed by atoms with Gasteiger partial charge in [0.15, 0.2) is 11.8 Å². The Kier molecular flexibility index (Phi) is 8.55. The van der Waals surface area contributed by atoms with Crippen molar-refractivity contribution in [2.24, 2.45) is 18.0 Å². The number of hydrogen-bond acceptors (Lipinski definition) is 5. The topological polar surface area (TPSA) is 70.8 Å². The van der Waals surface area contributed by atoms with Crippen LogP contribution in [0.15, 0.2) is 4.99 Å². The summed E-state index contributed by atoms with van der Waals surface area (Å²) in [6, 6.07) is 0.564. The molecule has 0 bridgehead atoms. The maximum absolute atomic E-state index is 5.54. The summed E-state index contributed by atoms with van der Waals surface area (Å²) in [5, 5.41) is 12.2. The minimum Gasteiger partial charge on any atom is -0.381 e. The first-order chi connectivity index (χ1) is 13.7. The fourth-order valence-corrected chi connectivity index (χ4v) is 4.46.